The zero-order chi connectivity index (χ0) is 20.5. The van der Waals surface area contributed by atoms with E-state index in [0.29, 0.717) is 24.9 Å². The van der Waals surface area contributed by atoms with Crippen LogP contribution in [0.25, 0.3) is 0 Å². The van der Waals surface area contributed by atoms with Crippen LogP contribution >= 0.6 is 0 Å². The number of nitrogens with zero attached hydrogens (tertiary/aromatic N) is 4. The van der Waals surface area contributed by atoms with Gasteiger partial charge in [0, 0.05) is 38.4 Å². The van der Waals surface area contributed by atoms with Crippen molar-refractivity contribution < 1.29 is 19.4 Å². The predicted molar refractivity (Wildman–Crippen MR) is 107 cm³/mol. The molecule has 3 saturated heterocycles. The SMILES string of the molecule is O=C(NCc1ccc2c(c1)OCO2)[C@H]1CN2CC[C@H]1C[C@@H]2Cn1cc(CCO)nn1. The predicted octanol–water partition coefficient (Wildman–Crippen LogP) is 0.568. The summed E-state index contributed by atoms with van der Waals surface area (Å²) in [5.41, 5.74) is 1.82. The number of fused-ring (bicyclic) bond motifs is 4. The molecule has 9 heteroatoms. The molecule has 2 N–H and O–H groups in total. The van der Waals surface area contributed by atoms with Crippen LogP contribution in [0.2, 0.25) is 0 Å². The van der Waals surface area contributed by atoms with Gasteiger partial charge in [-0.1, -0.05) is 11.3 Å². The van der Waals surface area contributed by atoms with E-state index in [9.17, 15) is 4.79 Å². The Kier molecular flexibility index (Phi) is 5.30. The van der Waals surface area contributed by atoms with Gasteiger partial charge >= 0.3 is 0 Å². The third kappa shape index (κ3) is 3.87. The van der Waals surface area contributed by atoms with Crippen molar-refractivity contribution >= 4 is 5.91 Å². The summed E-state index contributed by atoms with van der Waals surface area (Å²) in [6.07, 6.45) is 4.50. The number of aliphatic hydroxyl groups excluding tert-OH is 1. The van der Waals surface area contributed by atoms with Crippen LogP contribution in [0.3, 0.4) is 0 Å². The number of carbonyl (C=O) groups is 1. The molecule has 0 aliphatic carbocycles. The van der Waals surface area contributed by atoms with Crippen molar-refractivity contribution in [1.82, 2.24) is 25.2 Å². The van der Waals surface area contributed by atoms with Crippen molar-refractivity contribution in [3.05, 3.63) is 35.7 Å². The lowest BCUT2D eigenvalue weighted by Gasteiger charge is -2.49. The van der Waals surface area contributed by atoms with Gasteiger partial charge in [-0.2, -0.15) is 0 Å². The van der Waals surface area contributed by atoms with Crippen molar-refractivity contribution in [2.75, 3.05) is 26.5 Å². The number of hydrogen-bond acceptors (Lipinski definition) is 7. The number of aliphatic hydroxyl groups is 1. The second kappa shape index (κ2) is 8.23. The van der Waals surface area contributed by atoms with E-state index in [2.05, 4.69) is 20.5 Å². The van der Waals surface area contributed by atoms with Gasteiger partial charge in [0.05, 0.1) is 18.2 Å². The first-order chi connectivity index (χ1) is 14.7. The first kappa shape index (κ1) is 19.3. The summed E-state index contributed by atoms with van der Waals surface area (Å²) >= 11 is 0. The van der Waals surface area contributed by atoms with Crippen LogP contribution in [0.1, 0.15) is 24.1 Å². The topological polar surface area (TPSA) is 102 Å². The number of hydrogen-bond donors (Lipinski definition) is 2. The van der Waals surface area contributed by atoms with Crippen LogP contribution in [0.4, 0.5) is 0 Å². The second-order valence-corrected chi connectivity index (χ2v) is 8.35. The van der Waals surface area contributed by atoms with Crippen LogP contribution in [0.15, 0.2) is 24.4 Å². The minimum absolute atomic E-state index is 0.0321. The molecule has 4 aliphatic heterocycles. The molecule has 0 saturated carbocycles. The first-order valence-electron chi connectivity index (χ1n) is 10.6. The molecule has 0 radical (unpaired) electrons. The first-order valence-corrected chi connectivity index (χ1v) is 10.6. The molecule has 1 amide bonds. The van der Waals surface area contributed by atoms with E-state index in [4.69, 9.17) is 14.6 Å². The Bertz CT molecular complexity index is 917. The summed E-state index contributed by atoms with van der Waals surface area (Å²) in [5, 5.41) is 20.4. The Morgan fingerprint density at radius 3 is 3.03 bits per heavy atom. The Morgan fingerprint density at radius 1 is 1.30 bits per heavy atom. The fourth-order valence-corrected chi connectivity index (χ4v) is 4.87. The number of ether oxygens (including phenoxy) is 2. The molecule has 2 bridgehead atoms. The second-order valence-electron chi connectivity index (χ2n) is 8.35. The van der Waals surface area contributed by atoms with Gasteiger partial charge in [0.25, 0.3) is 0 Å². The average molecular weight is 413 g/mol. The van der Waals surface area contributed by atoms with E-state index in [1.807, 2.05) is 29.1 Å². The molecule has 1 aromatic heterocycles. The van der Waals surface area contributed by atoms with E-state index in [1.165, 1.54) is 0 Å². The normalized spacial score (nSPS) is 26.7. The maximum absolute atomic E-state index is 12.9. The van der Waals surface area contributed by atoms with Gasteiger partial charge in [-0.05, 0) is 43.0 Å². The summed E-state index contributed by atoms with van der Waals surface area (Å²) in [4.78, 5) is 15.3. The summed E-state index contributed by atoms with van der Waals surface area (Å²) in [6.45, 7) is 3.43. The summed E-state index contributed by atoms with van der Waals surface area (Å²) in [6, 6.07) is 6.16. The summed E-state index contributed by atoms with van der Waals surface area (Å²) in [7, 11) is 0. The Hall–Kier alpha value is -2.65. The Balaban J connectivity index is 1.16. The molecule has 1 unspecified atom stereocenters. The quantitative estimate of drug-likeness (QED) is 0.684. The fraction of sp³-hybridized carbons (Fsp3) is 0.571. The molecule has 2 aromatic rings. The highest BCUT2D eigenvalue weighted by Gasteiger charge is 2.43. The molecular formula is C21H27N5O4. The molecule has 9 nitrogen and oxygen atoms in total. The lowest BCUT2D eigenvalue weighted by molar-refractivity contribution is -0.133. The highest BCUT2D eigenvalue weighted by atomic mass is 16.7. The van der Waals surface area contributed by atoms with Crippen LogP contribution in [-0.4, -0.2) is 63.4 Å². The average Bonchev–Trinajstić information content (AvgIpc) is 3.41. The third-order valence-electron chi connectivity index (χ3n) is 6.47. The zero-order valence-electron chi connectivity index (χ0n) is 16.9. The summed E-state index contributed by atoms with van der Waals surface area (Å²) in [5.74, 6) is 2.06. The van der Waals surface area contributed by atoms with Gasteiger partial charge in [0.15, 0.2) is 11.5 Å². The minimum Gasteiger partial charge on any atom is -0.454 e. The summed E-state index contributed by atoms with van der Waals surface area (Å²) < 4.78 is 12.6. The molecule has 5 heterocycles. The molecule has 6 rings (SSSR count). The fourth-order valence-electron chi connectivity index (χ4n) is 4.87. The van der Waals surface area contributed by atoms with Gasteiger partial charge in [0.1, 0.15) is 0 Å². The number of benzene rings is 1. The van der Waals surface area contributed by atoms with Crippen molar-refractivity contribution in [2.24, 2.45) is 11.8 Å². The number of piperidine rings is 3. The largest absolute Gasteiger partial charge is 0.454 e. The van der Waals surface area contributed by atoms with E-state index in [0.717, 1.165) is 55.2 Å². The van der Waals surface area contributed by atoms with E-state index >= 15 is 0 Å². The maximum atomic E-state index is 12.9. The van der Waals surface area contributed by atoms with Crippen LogP contribution in [-0.2, 0) is 24.3 Å². The van der Waals surface area contributed by atoms with Gasteiger partial charge < -0.3 is 19.9 Å². The van der Waals surface area contributed by atoms with E-state index in [1.54, 1.807) is 0 Å². The zero-order valence-corrected chi connectivity index (χ0v) is 16.9. The Labute approximate surface area is 175 Å². The molecule has 3 fully saturated rings. The van der Waals surface area contributed by atoms with Gasteiger partial charge in [-0.15, -0.1) is 5.10 Å². The number of amides is 1. The number of rotatable bonds is 7. The van der Waals surface area contributed by atoms with Crippen LogP contribution in [0.5, 0.6) is 11.5 Å². The Morgan fingerprint density at radius 2 is 2.20 bits per heavy atom. The smallest absolute Gasteiger partial charge is 0.231 e. The van der Waals surface area contributed by atoms with Crippen molar-refractivity contribution in [1.29, 1.82) is 0 Å². The molecule has 30 heavy (non-hydrogen) atoms. The van der Waals surface area contributed by atoms with Crippen LogP contribution in [0, 0.1) is 11.8 Å². The maximum Gasteiger partial charge on any atom is 0.231 e. The molecule has 1 aromatic carbocycles. The molecule has 160 valence electrons. The lowest BCUT2D eigenvalue weighted by atomic mass is 9.75. The van der Waals surface area contributed by atoms with E-state index in [-0.39, 0.29) is 25.2 Å². The van der Waals surface area contributed by atoms with Crippen molar-refractivity contribution in [3.8, 4) is 11.5 Å². The van der Waals surface area contributed by atoms with Gasteiger partial charge in [0.2, 0.25) is 12.7 Å². The highest BCUT2D eigenvalue weighted by Crippen LogP contribution is 2.37. The number of carbonyl (C=O) groups excluding carboxylic acids is 1. The van der Waals surface area contributed by atoms with Gasteiger partial charge in [-0.3, -0.25) is 14.4 Å². The molecule has 4 atom stereocenters. The van der Waals surface area contributed by atoms with Crippen LogP contribution < -0.4 is 14.8 Å². The molecule has 0 spiro atoms. The van der Waals surface area contributed by atoms with Gasteiger partial charge in [-0.25, -0.2) is 0 Å². The van der Waals surface area contributed by atoms with Crippen molar-refractivity contribution in [3.63, 3.8) is 0 Å². The minimum atomic E-state index is 0.0321. The van der Waals surface area contributed by atoms with E-state index < -0.39 is 0 Å². The number of nitrogens with one attached hydrogen (secondary N) is 1. The lowest BCUT2D eigenvalue weighted by Crippen LogP contribution is -2.58. The monoisotopic (exact) mass is 413 g/mol. The highest BCUT2D eigenvalue weighted by molar-refractivity contribution is 5.79. The third-order valence-corrected chi connectivity index (χ3v) is 6.47. The number of aromatic nitrogens is 3. The standard InChI is InChI=1S/C21H27N5O4/c27-6-4-16-10-26(24-23-16)11-17-8-15-3-5-25(17)12-18(15)21(28)22-9-14-1-2-19-20(7-14)30-13-29-19/h1-2,7,10,15,17-18,27H,3-6,8-9,11-13H2,(H,22,28)/t15-,17+,18-/m0/s1. The molecular weight excluding hydrogens is 386 g/mol. The van der Waals surface area contributed by atoms with Crippen molar-refractivity contribution in [2.45, 2.75) is 38.4 Å². The molecule has 4 aliphatic rings.